The highest BCUT2D eigenvalue weighted by atomic mass is 15.3. The summed E-state index contributed by atoms with van der Waals surface area (Å²) in [4.78, 5) is 7.39. The maximum atomic E-state index is 3.75. The molecule has 17 heavy (non-hydrogen) atoms. The van der Waals surface area contributed by atoms with E-state index in [-0.39, 0.29) is 0 Å². The Balaban J connectivity index is 1.74. The molecule has 0 spiro atoms. The molecule has 2 saturated heterocycles. The second-order valence-corrected chi connectivity index (χ2v) is 6.03. The molecule has 0 aromatic rings. The Morgan fingerprint density at radius 1 is 1.06 bits per heavy atom. The summed E-state index contributed by atoms with van der Waals surface area (Å²) in [5.41, 5.74) is 0. The van der Waals surface area contributed by atoms with Gasteiger partial charge in [0.2, 0.25) is 0 Å². The van der Waals surface area contributed by atoms with Crippen molar-refractivity contribution in [2.24, 2.45) is 0 Å². The number of hydrogen-bond donors (Lipinski definition) is 1. The Morgan fingerprint density at radius 3 is 2.47 bits per heavy atom. The van der Waals surface area contributed by atoms with Crippen LogP contribution in [0.4, 0.5) is 0 Å². The monoisotopic (exact) mass is 240 g/mol. The van der Waals surface area contributed by atoms with Crippen LogP contribution in [0.2, 0.25) is 0 Å². The molecule has 1 N–H and O–H groups in total. The maximum Gasteiger partial charge on any atom is 0.0345 e. The molecule has 2 heterocycles. The molecule has 2 aliphatic heterocycles. The number of nitrogens with zero attached hydrogens (tertiary/aromatic N) is 3. The van der Waals surface area contributed by atoms with E-state index >= 15 is 0 Å². The van der Waals surface area contributed by atoms with Gasteiger partial charge in [0.1, 0.15) is 0 Å². The van der Waals surface area contributed by atoms with Gasteiger partial charge in [-0.25, -0.2) is 0 Å². The minimum Gasteiger partial charge on any atom is -0.311 e. The van der Waals surface area contributed by atoms with E-state index in [1.54, 1.807) is 0 Å². The molecule has 2 rings (SSSR count). The van der Waals surface area contributed by atoms with E-state index in [0.29, 0.717) is 12.1 Å². The SMILES string of the molecule is CC1CC(NCC2CN(C)CCN2C)CN1C. The van der Waals surface area contributed by atoms with Crippen LogP contribution >= 0.6 is 0 Å². The van der Waals surface area contributed by atoms with Gasteiger partial charge in [0.15, 0.2) is 0 Å². The summed E-state index contributed by atoms with van der Waals surface area (Å²) in [5, 5.41) is 3.75. The van der Waals surface area contributed by atoms with Crippen molar-refractivity contribution in [1.29, 1.82) is 0 Å². The van der Waals surface area contributed by atoms with Crippen LogP contribution in [0.1, 0.15) is 13.3 Å². The van der Waals surface area contributed by atoms with Gasteiger partial charge in [-0.05, 0) is 34.5 Å². The first kappa shape index (κ1) is 13.3. The highest BCUT2D eigenvalue weighted by molar-refractivity contribution is 4.88. The fourth-order valence-electron chi connectivity index (χ4n) is 2.97. The lowest BCUT2D eigenvalue weighted by Gasteiger charge is -2.38. The van der Waals surface area contributed by atoms with Crippen molar-refractivity contribution >= 4 is 0 Å². The van der Waals surface area contributed by atoms with Crippen LogP contribution in [-0.4, -0.2) is 86.7 Å². The van der Waals surface area contributed by atoms with Crippen molar-refractivity contribution in [3.63, 3.8) is 0 Å². The van der Waals surface area contributed by atoms with E-state index in [2.05, 4.69) is 48.1 Å². The molecular weight excluding hydrogens is 212 g/mol. The van der Waals surface area contributed by atoms with E-state index in [1.165, 1.54) is 32.6 Å². The van der Waals surface area contributed by atoms with Gasteiger partial charge in [0, 0.05) is 50.8 Å². The van der Waals surface area contributed by atoms with Gasteiger partial charge in [-0.2, -0.15) is 0 Å². The Kier molecular flexibility index (Phi) is 4.42. The Bertz CT molecular complexity index is 236. The lowest BCUT2D eigenvalue weighted by molar-refractivity contribution is 0.111. The van der Waals surface area contributed by atoms with Crippen LogP contribution in [0, 0.1) is 0 Å². The normalized spacial score (nSPS) is 37.8. The maximum absolute atomic E-state index is 3.75. The fourth-order valence-corrected chi connectivity index (χ4v) is 2.97. The molecule has 2 aliphatic rings. The zero-order valence-corrected chi connectivity index (χ0v) is 11.8. The quantitative estimate of drug-likeness (QED) is 0.744. The molecule has 0 radical (unpaired) electrons. The largest absolute Gasteiger partial charge is 0.311 e. The predicted molar refractivity (Wildman–Crippen MR) is 72.4 cm³/mol. The lowest BCUT2D eigenvalue weighted by atomic mass is 10.1. The summed E-state index contributed by atoms with van der Waals surface area (Å²) >= 11 is 0. The van der Waals surface area contributed by atoms with Gasteiger partial charge < -0.3 is 15.1 Å². The molecule has 0 aromatic carbocycles. The summed E-state index contributed by atoms with van der Waals surface area (Å²) in [6.45, 7) is 8.25. The number of piperazine rings is 1. The average Bonchev–Trinajstić information content (AvgIpc) is 2.60. The van der Waals surface area contributed by atoms with E-state index in [0.717, 1.165) is 12.6 Å². The number of likely N-dealkylation sites (N-methyl/N-ethyl adjacent to an activating group) is 3. The molecule has 4 heteroatoms. The topological polar surface area (TPSA) is 21.8 Å². The summed E-state index contributed by atoms with van der Waals surface area (Å²) in [6.07, 6.45) is 1.29. The Hall–Kier alpha value is -0.160. The fraction of sp³-hybridized carbons (Fsp3) is 1.00. The summed E-state index contributed by atoms with van der Waals surface area (Å²) < 4.78 is 0. The smallest absolute Gasteiger partial charge is 0.0345 e. The third kappa shape index (κ3) is 3.41. The number of hydrogen-bond acceptors (Lipinski definition) is 4. The molecule has 3 unspecified atom stereocenters. The second kappa shape index (κ2) is 5.65. The first-order valence-electron chi connectivity index (χ1n) is 6.88. The van der Waals surface area contributed by atoms with Gasteiger partial charge >= 0.3 is 0 Å². The molecule has 100 valence electrons. The molecule has 2 fully saturated rings. The van der Waals surface area contributed by atoms with Crippen molar-refractivity contribution < 1.29 is 0 Å². The van der Waals surface area contributed by atoms with Gasteiger partial charge in [0.05, 0.1) is 0 Å². The van der Waals surface area contributed by atoms with Crippen molar-refractivity contribution in [3.05, 3.63) is 0 Å². The standard InChI is InChI=1S/C13H28N4/c1-11-7-12(9-17(11)4)14-8-13-10-15(2)5-6-16(13)3/h11-14H,5-10H2,1-4H3. The van der Waals surface area contributed by atoms with Gasteiger partial charge in [0.25, 0.3) is 0 Å². The zero-order valence-electron chi connectivity index (χ0n) is 11.8. The first-order chi connectivity index (χ1) is 8.06. The van der Waals surface area contributed by atoms with Crippen molar-refractivity contribution in [1.82, 2.24) is 20.0 Å². The molecule has 4 nitrogen and oxygen atoms in total. The molecule has 3 atom stereocenters. The van der Waals surface area contributed by atoms with Gasteiger partial charge in [-0.3, -0.25) is 4.90 Å². The summed E-state index contributed by atoms with van der Waals surface area (Å²) in [7, 11) is 6.71. The highest BCUT2D eigenvalue weighted by Gasteiger charge is 2.28. The number of nitrogens with one attached hydrogen (secondary N) is 1. The summed E-state index contributed by atoms with van der Waals surface area (Å²) in [5.74, 6) is 0. The summed E-state index contributed by atoms with van der Waals surface area (Å²) in [6, 6.07) is 2.10. The van der Waals surface area contributed by atoms with Crippen LogP contribution in [0.15, 0.2) is 0 Å². The van der Waals surface area contributed by atoms with Crippen molar-refractivity contribution in [2.75, 3.05) is 53.9 Å². The third-order valence-corrected chi connectivity index (χ3v) is 4.51. The highest BCUT2D eigenvalue weighted by Crippen LogP contribution is 2.15. The van der Waals surface area contributed by atoms with Gasteiger partial charge in [-0.15, -0.1) is 0 Å². The van der Waals surface area contributed by atoms with Gasteiger partial charge in [-0.1, -0.05) is 0 Å². The third-order valence-electron chi connectivity index (χ3n) is 4.51. The predicted octanol–water partition coefficient (Wildman–Crippen LogP) is -0.0856. The first-order valence-corrected chi connectivity index (χ1v) is 6.88. The van der Waals surface area contributed by atoms with Crippen molar-refractivity contribution in [3.8, 4) is 0 Å². The van der Waals surface area contributed by atoms with Crippen LogP contribution in [-0.2, 0) is 0 Å². The van der Waals surface area contributed by atoms with E-state index in [4.69, 9.17) is 0 Å². The average molecular weight is 240 g/mol. The molecule has 0 aromatic heterocycles. The van der Waals surface area contributed by atoms with E-state index in [1.807, 2.05) is 0 Å². The van der Waals surface area contributed by atoms with Crippen LogP contribution in [0.25, 0.3) is 0 Å². The number of rotatable bonds is 3. The molecule has 0 bridgehead atoms. The van der Waals surface area contributed by atoms with E-state index in [9.17, 15) is 0 Å². The molecule has 0 saturated carbocycles. The molecule has 0 amide bonds. The van der Waals surface area contributed by atoms with Crippen LogP contribution in [0.5, 0.6) is 0 Å². The van der Waals surface area contributed by atoms with Crippen molar-refractivity contribution in [2.45, 2.75) is 31.5 Å². The van der Waals surface area contributed by atoms with E-state index < -0.39 is 0 Å². The van der Waals surface area contributed by atoms with Crippen LogP contribution < -0.4 is 5.32 Å². The molecule has 0 aliphatic carbocycles. The zero-order chi connectivity index (χ0) is 12.4. The second-order valence-electron chi connectivity index (χ2n) is 6.03. The Labute approximate surface area is 106 Å². The minimum atomic E-state index is 0.676. The number of likely N-dealkylation sites (tertiary alicyclic amines) is 1. The Morgan fingerprint density at radius 2 is 1.82 bits per heavy atom. The minimum absolute atomic E-state index is 0.676. The lowest BCUT2D eigenvalue weighted by Crippen LogP contribution is -2.54. The van der Waals surface area contributed by atoms with Crippen LogP contribution in [0.3, 0.4) is 0 Å². The molecular formula is C13H28N4.